The monoisotopic (exact) mass is 346 g/mol. The van der Waals surface area contributed by atoms with Crippen molar-refractivity contribution in [3.8, 4) is 0 Å². The number of nitrogens with zero attached hydrogens (tertiary/aromatic N) is 2. The molecule has 3 rings (SSSR count). The molecule has 0 unspecified atom stereocenters. The molecule has 0 saturated carbocycles. The van der Waals surface area contributed by atoms with Crippen LogP contribution < -0.4 is 15.8 Å². The van der Waals surface area contributed by atoms with Crippen LogP contribution in [0.1, 0.15) is 30.1 Å². The van der Waals surface area contributed by atoms with Gasteiger partial charge in [0, 0.05) is 25.0 Å². The van der Waals surface area contributed by atoms with Crippen LogP contribution in [0.5, 0.6) is 0 Å². The minimum Gasteiger partial charge on any atom is -0.350 e. The van der Waals surface area contributed by atoms with Crippen molar-refractivity contribution in [2.45, 2.75) is 25.3 Å². The molecule has 7 heteroatoms. The maximum Gasteiger partial charge on any atom is 0.248 e. The van der Waals surface area contributed by atoms with Gasteiger partial charge in [0.05, 0.1) is 17.6 Å². The summed E-state index contributed by atoms with van der Waals surface area (Å²) in [6, 6.07) is 6.77. The molecule has 0 radical (unpaired) electrons. The van der Waals surface area contributed by atoms with E-state index in [1.807, 2.05) is 13.1 Å². The van der Waals surface area contributed by atoms with E-state index in [9.17, 15) is 9.59 Å². The van der Waals surface area contributed by atoms with Crippen molar-refractivity contribution in [1.82, 2.24) is 15.3 Å². The summed E-state index contributed by atoms with van der Waals surface area (Å²) in [6.45, 7) is 0.198. The third-order valence-corrected chi connectivity index (χ3v) is 4.37. The van der Waals surface area contributed by atoms with E-state index in [0.717, 1.165) is 30.5 Å². The average molecular weight is 347 g/mol. The Kier molecular flexibility index (Phi) is 4.85. The number of hydrogen-bond acceptors (Lipinski definition) is 4. The van der Waals surface area contributed by atoms with Gasteiger partial charge in [-0.05, 0) is 43.0 Å². The summed E-state index contributed by atoms with van der Waals surface area (Å²) in [7, 11) is 1.81. The molecule has 2 aromatic heterocycles. The Labute approximate surface area is 144 Å². The molecule has 1 amide bonds. The fourth-order valence-corrected chi connectivity index (χ4v) is 3.09. The van der Waals surface area contributed by atoms with Gasteiger partial charge < -0.3 is 15.2 Å². The van der Waals surface area contributed by atoms with Crippen LogP contribution in [0.25, 0.3) is 0 Å². The molecule has 2 heterocycles. The summed E-state index contributed by atoms with van der Waals surface area (Å²) >= 11 is 5.82. The van der Waals surface area contributed by atoms with E-state index in [-0.39, 0.29) is 24.1 Å². The number of amides is 1. The molecule has 126 valence electrons. The first-order valence-electron chi connectivity index (χ1n) is 7.87. The number of aromatic nitrogens is 2. The summed E-state index contributed by atoms with van der Waals surface area (Å²) in [4.78, 5) is 32.6. The lowest BCUT2D eigenvalue weighted by Gasteiger charge is -2.27. The van der Waals surface area contributed by atoms with Gasteiger partial charge in [0.1, 0.15) is 5.82 Å². The van der Waals surface area contributed by atoms with Crippen LogP contribution in [0.3, 0.4) is 0 Å². The van der Waals surface area contributed by atoms with Crippen molar-refractivity contribution in [2.24, 2.45) is 0 Å². The zero-order valence-electron chi connectivity index (χ0n) is 13.4. The third kappa shape index (κ3) is 3.76. The number of rotatable bonds is 4. The SMILES string of the molecule is CN(CC(=O)N[C@H]1CCCc2[nH]c(=O)ccc21)c1ccc(Cl)cn1. The standard InChI is InChI=1S/C17H19ClN4O2/c1-22(15-7-5-11(18)9-19-15)10-17(24)21-14-4-2-3-13-12(14)6-8-16(23)20-13/h5-9,14H,2-4,10H2,1H3,(H,20,23)(H,21,24)/t14-/m0/s1. The molecule has 0 bridgehead atoms. The van der Waals surface area contributed by atoms with Crippen molar-refractivity contribution in [1.29, 1.82) is 0 Å². The van der Waals surface area contributed by atoms with Crippen molar-refractivity contribution in [3.63, 3.8) is 0 Å². The second-order valence-electron chi connectivity index (χ2n) is 5.96. The third-order valence-electron chi connectivity index (χ3n) is 4.15. The van der Waals surface area contributed by atoms with E-state index >= 15 is 0 Å². The first kappa shape index (κ1) is 16.5. The van der Waals surface area contributed by atoms with E-state index in [0.29, 0.717) is 10.8 Å². The van der Waals surface area contributed by atoms with E-state index in [4.69, 9.17) is 11.6 Å². The molecular weight excluding hydrogens is 328 g/mol. The highest BCUT2D eigenvalue weighted by atomic mass is 35.5. The molecule has 24 heavy (non-hydrogen) atoms. The molecule has 1 aliphatic rings. The maximum atomic E-state index is 12.4. The van der Waals surface area contributed by atoms with Crippen LogP contribution in [0.2, 0.25) is 5.02 Å². The van der Waals surface area contributed by atoms with Crippen LogP contribution >= 0.6 is 11.6 Å². The largest absolute Gasteiger partial charge is 0.350 e. The Morgan fingerprint density at radius 2 is 2.25 bits per heavy atom. The molecule has 0 saturated heterocycles. The van der Waals surface area contributed by atoms with E-state index in [1.165, 1.54) is 6.07 Å². The summed E-state index contributed by atoms with van der Waals surface area (Å²) in [5, 5.41) is 3.61. The highest BCUT2D eigenvalue weighted by Crippen LogP contribution is 2.27. The number of likely N-dealkylation sites (N-methyl/N-ethyl adjacent to an activating group) is 1. The summed E-state index contributed by atoms with van der Waals surface area (Å²) in [6.07, 6.45) is 4.20. The number of H-pyrrole nitrogens is 1. The highest BCUT2D eigenvalue weighted by molar-refractivity contribution is 6.30. The van der Waals surface area contributed by atoms with Gasteiger partial charge in [-0.1, -0.05) is 11.6 Å². The summed E-state index contributed by atoms with van der Waals surface area (Å²) in [5.41, 5.74) is 1.82. The lowest BCUT2D eigenvalue weighted by Crippen LogP contribution is -2.39. The zero-order valence-corrected chi connectivity index (χ0v) is 14.1. The Bertz CT molecular complexity index is 788. The number of hydrogen-bond donors (Lipinski definition) is 2. The molecular formula is C17H19ClN4O2. The lowest BCUT2D eigenvalue weighted by molar-refractivity contribution is -0.120. The molecule has 2 aromatic rings. The van der Waals surface area contributed by atoms with Gasteiger partial charge in [-0.2, -0.15) is 0 Å². The van der Waals surface area contributed by atoms with Gasteiger partial charge in [0.25, 0.3) is 0 Å². The predicted octanol–water partition coefficient (Wildman–Crippen LogP) is 2.05. The number of halogens is 1. The van der Waals surface area contributed by atoms with Crippen LogP contribution in [0.4, 0.5) is 5.82 Å². The van der Waals surface area contributed by atoms with E-state index in [1.54, 1.807) is 23.2 Å². The molecule has 0 spiro atoms. The molecule has 1 aliphatic carbocycles. The minimum atomic E-state index is -0.103. The van der Waals surface area contributed by atoms with Crippen LogP contribution in [-0.4, -0.2) is 29.5 Å². The number of carbonyl (C=O) groups is 1. The zero-order chi connectivity index (χ0) is 17.1. The first-order valence-corrected chi connectivity index (χ1v) is 8.25. The molecule has 0 aliphatic heterocycles. The van der Waals surface area contributed by atoms with Crippen LogP contribution in [0, 0.1) is 0 Å². The summed E-state index contributed by atoms with van der Waals surface area (Å²) in [5.74, 6) is 0.598. The minimum absolute atomic E-state index is 0.0651. The molecule has 0 fully saturated rings. The fourth-order valence-electron chi connectivity index (χ4n) is 2.98. The molecule has 0 aromatic carbocycles. The van der Waals surface area contributed by atoms with Gasteiger partial charge in [0.2, 0.25) is 11.5 Å². The van der Waals surface area contributed by atoms with Crippen molar-refractivity contribution >= 4 is 23.3 Å². The van der Waals surface area contributed by atoms with Crippen molar-refractivity contribution < 1.29 is 4.79 Å². The maximum absolute atomic E-state index is 12.4. The quantitative estimate of drug-likeness (QED) is 0.888. The second-order valence-corrected chi connectivity index (χ2v) is 6.40. The fraction of sp³-hybridized carbons (Fsp3) is 0.353. The Balaban J connectivity index is 1.65. The van der Waals surface area contributed by atoms with E-state index < -0.39 is 0 Å². The number of anilines is 1. The highest BCUT2D eigenvalue weighted by Gasteiger charge is 2.22. The molecule has 1 atom stereocenters. The van der Waals surface area contributed by atoms with Crippen LogP contribution in [0.15, 0.2) is 35.3 Å². The van der Waals surface area contributed by atoms with Gasteiger partial charge in [0.15, 0.2) is 0 Å². The number of fused-ring (bicyclic) bond motifs is 1. The Hall–Kier alpha value is -2.34. The number of aryl methyl sites for hydroxylation is 1. The first-order chi connectivity index (χ1) is 11.5. The van der Waals surface area contributed by atoms with Crippen molar-refractivity contribution in [2.75, 3.05) is 18.5 Å². The average Bonchev–Trinajstić information content (AvgIpc) is 2.55. The number of pyridine rings is 2. The predicted molar refractivity (Wildman–Crippen MR) is 93.4 cm³/mol. The number of nitrogens with one attached hydrogen (secondary N) is 2. The van der Waals surface area contributed by atoms with Gasteiger partial charge >= 0.3 is 0 Å². The Morgan fingerprint density at radius 3 is 3.00 bits per heavy atom. The summed E-state index contributed by atoms with van der Waals surface area (Å²) < 4.78 is 0. The van der Waals surface area contributed by atoms with Gasteiger partial charge in [-0.3, -0.25) is 9.59 Å². The van der Waals surface area contributed by atoms with Crippen LogP contribution in [-0.2, 0) is 11.2 Å². The number of aromatic amines is 1. The normalized spacial score (nSPS) is 16.3. The smallest absolute Gasteiger partial charge is 0.248 e. The molecule has 2 N–H and O–H groups in total. The van der Waals surface area contributed by atoms with Crippen molar-refractivity contribution in [3.05, 3.63) is 57.1 Å². The van der Waals surface area contributed by atoms with Gasteiger partial charge in [-0.25, -0.2) is 4.98 Å². The van der Waals surface area contributed by atoms with Gasteiger partial charge in [-0.15, -0.1) is 0 Å². The number of carbonyl (C=O) groups excluding carboxylic acids is 1. The van der Waals surface area contributed by atoms with E-state index in [2.05, 4.69) is 15.3 Å². The lowest BCUT2D eigenvalue weighted by atomic mass is 9.91. The Morgan fingerprint density at radius 1 is 1.42 bits per heavy atom. The molecule has 6 nitrogen and oxygen atoms in total. The second kappa shape index (κ2) is 7.05. The topological polar surface area (TPSA) is 78.1 Å².